The van der Waals surface area contributed by atoms with Crippen molar-refractivity contribution in [2.45, 2.75) is 39.2 Å². The molecule has 1 aliphatic heterocycles. The minimum Gasteiger partial charge on any atom is -0.488 e. The van der Waals surface area contributed by atoms with Crippen molar-refractivity contribution < 1.29 is 4.74 Å². The van der Waals surface area contributed by atoms with Gasteiger partial charge in [0.05, 0.1) is 5.02 Å². The Labute approximate surface area is 130 Å². The van der Waals surface area contributed by atoms with Crippen LogP contribution in [0.5, 0.6) is 5.75 Å². The van der Waals surface area contributed by atoms with Gasteiger partial charge in [-0.1, -0.05) is 23.2 Å². The Hall–Kier alpha value is -0.440. The Bertz CT molecular complexity index is 508. The van der Waals surface area contributed by atoms with Crippen LogP contribution >= 0.6 is 23.2 Å². The summed E-state index contributed by atoms with van der Waals surface area (Å²) in [6, 6.07) is 1.98. The second-order valence-electron chi connectivity index (χ2n) is 6.12. The highest BCUT2D eigenvalue weighted by Crippen LogP contribution is 2.42. The molecule has 1 aliphatic carbocycles. The molecule has 1 heterocycles. The molecule has 20 heavy (non-hydrogen) atoms. The summed E-state index contributed by atoms with van der Waals surface area (Å²) in [6.07, 6.45) is 4.06. The molecule has 110 valence electrons. The average molecular weight is 314 g/mol. The lowest BCUT2D eigenvalue weighted by Gasteiger charge is -2.25. The van der Waals surface area contributed by atoms with Gasteiger partial charge in [0, 0.05) is 17.5 Å². The van der Waals surface area contributed by atoms with Gasteiger partial charge in [0.25, 0.3) is 0 Å². The van der Waals surface area contributed by atoms with Crippen molar-refractivity contribution in [3.05, 3.63) is 27.2 Å². The zero-order valence-corrected chi connectivity index (χ0v) is 13.5. The minimum atomic E-state index is 0.294. The molecule has 1 aromatic carbocycles. The second kappa shape index (κ2) is 5.75. The van der Waals surface area contributed by atoms with E-state index in [-0.39, 0.29) is 0 Å². The number of hydrogen-bond donors (Lipinski definition) is 1. The molecule has 3 rings (SSSR count). The molecule has 1 saturated heterocycles. The van der Waals surface area contributed by atoms with E-state index in [1.807, 2.05) is 19.9 Å². The average Bonchev–Trinajstić information content (AvgIpc) is 3.13. The number of aryl methyl sites for hydroxylation is 1. The molecule has 0 bridgehead atoms. The summed E-state index contributed by atoms with van der Waals surface area (Å²) in [5, 5.41) is 4.84. The van der Waals surface area contributed by atoms with E-state index in [1.54, 1.807) is 0 Å². The predicted molar refractivity (Wildman–Crippen MR) is 84.1 cm³/mol. The number of halogens is 2. The first-order chi connectivity index (χ1) is 9.58. The van der Waals surface area contributed by atoms with E-state index in [0.717, 1.165) is 35.0 Å². The normalized spacial score (nSPS) is 23.9. The van der Waals surface area contributed by atoms with Crippen molar-refractivity contribution in [1.29, 1.82) is 0 Å². The number of hydrogen-bond acceptors (Lipinski definition) is 2. The smallest absolute Gasteiger partial charge is 0.138 e. The summed E-state index contributed by atoms with van der Waals surface area (Å²) in [6.45, 7) is 6.11. The van der Waals surface area contributed by atoms with Gasteiger partial charge in [-0.2, -0.15) is 0 Å². The molecule has 1 saturated carbocycles. The Kier molecular flexibility index (Phi) is 4.16. The van der Waals surface area contributed by atoms with E-state index in [1.165, 1.54) is 19.3 Å². The molecular formula is C16H21Cl2NO. The van der Waals surface area contributed by atoms with Gasteiger partial charge in [0.15, 0.2) is 0 Å². The van der Waals surface area contributed by atoms with Crippen LogP contribution in [-0.2, 0) is 0 Å². The molecule has 0 radical (unpaired) electrons. The maximum atomic E-state index is 6.42. The highest BCUT2D eigenvalue weighted by atomic mass is 35.5. The summed E-state index contributed by atoms with van der Waals surface area (Å²) < 4.78 is 6.34. The third-order valence-corrected chi connectivity index (χ3v) is 5.53. The second-order valence-corrected chi connectivity index (χ2v) is 6.87. The van der Waals surface area contributed by atoms with Crippen molar-refractivity contribution in [2.75, 3.05) is 13.1 Å². The molecule has 1 N–H and O–H groups in total. The maximum Gasteiger partial charge on any atom is 0.138 e. The fraction of sp³-hybridized carbons (Fsp3) is 0.625. The van der Waals surface area contributed by atoms with Crippen LogP contribution < -0.4 is 10.1 Å². The Morgan fingerprint density at radius 2 is 1.90 bits per heavy atom. The predicted octanol–water partition coefficient (Wildman–Crippen LogP) is 4.38. The quantitative estimate of drug-likeness (QED) is 0.890. The zero-order chi connectivity index (χ0) is 14.3. The van der Waals surface area contributed by atoms with Crippen molar-refractivity contribution in [2.24, 2.45) is 11.8 Å². The van der Waals surface area contributed by atoms with Crippen LogP contribution in [-0.4, -0.2) is 19.2 Å². The van der Waals surface area contributed by atoms with Gasteiger partial charge in [-0.25, -0.2) is 0 Å². The summed E-state index contributed by atoms with van der Waals surface area (Å²) >= 11 is 12.7. The Balaban J connectivity index is 1.85. The van der Waals surface area contributed by atoms with E-state index < -0.39 is 0 Å². The molecule has 2 fully saturated rings. The molecule has 2 atom stereocenters. The highest BCUT2D eigenvalue weighted by Gasteiger charge is 2.39. The van der Waals surface area contributed by atoms with Crippen LogP contribution in [0.2, 0.25) is 10.0 Å². The minimum absolute atomic E-state index is 0.294. The van der Waals surface area contributed by atoms with Crippen LogP contribution in [0, 0.1) is 25.7 Å². The van der Waals surface area contributed by atoms with Crippen LogP contribution in [0.25, 0.3) is 0 Å². The van der Waals surface area contributed by atoms with E-state index in [0.29, 0.717) is 23.0 Å². The molecule has 1 aromatic rings. The SMILES string of the molecule is Cc1cc(OC(C2CC2)[C@H]2CCNC2)c(Cl)c(C)c1Cl. The molecule has 2 aliphatic rings. The summed E-state index contributed by atoms with van der Waals surface area (Å²) in [5.41, 5.74) is 1.95. The van der Waals surface area contributed by atoms with Crippen molar-refractivity contribution >= 4 is 23.2 Å². The van der Waals surface area contributed by atoms with Gasteiger partial charge in [0.2, 0.25) is 0 Å². The molecule has 2 nitrogen and oxygen atoms in total. The van der Waals surface area contributed by atoms with E-state index in [2.05, 4.69) is 5.32 Å². The van der Waals surface area contributed by atoms with Crippen molar-refractivity contribution in [3.8, 4) is 5.75 Å². The third kappa shape index (κ3) is 2.79. The molecule has 1 unspecified atom stereocenters. The number of benzene rings is 1. The highest BCUT2D eigenvalue weighted by molar-refractivity contribution is 6.37. The van der Waals surface area contributed by atoms with Crippen LogP contribution in [0.4, 0.5) is 0 Å². The lowest BCUT2D eigenvalue weighted by Crippen LogP contribution is -2.31. The fourth-order valence-corrected chi connectivity index (χ4v) is 3.48. The lowest BCUT2D eigenvalue weighted by atomic mass is 9.97. The summed E-state index contributed by atoms with van der Waals surface area (Å²) in [5.74, 6) is 2.11. The Morgan fingerprint density at radius 3 is 2.50 bits per heavy atom. The van der Waals surface area contributed by atoms with Gasteiger partial charge >= 0.3 is 0 Å². The first kappa shape index (κ1) is 14.5. The molecular weight excluding hydrogens is 293 g/mol. The van der Waals surface area contributed by atoms with Crippen LogP contribution in [0.15, 0.2) is 6.07 Å². The zero-order valence-electron chi connectivity index (χ0n) is 12.0. The Morgan fingerprint density at radius 1 is 1.15 bits per heavy atom. The van der Waals surface area contributed by atoms with Gasteiger partial charge in [-0.3, -0.25) is 0 Å². The standard InChI is InChI=1S/C16H21Cl2NO/c1-9-7-13(15(18)10(2)14(9)17)20-16(11-3-4-11)12-5-6-19-8-12/h7,11-12,16,19H,3-6,8H2,1-2H3/t12-,16?/m0/s1. The maximum absolute atomic E-state index is 6.42. The summed E-state index contributed by atoms with van der Waals surface area (Å²) in [7, 11) is 0. The topological polar surface area (TPSA) is 21.3 Å². The van der Waals surface area contributed by atoms with E-state index in [4.69, 9.17) is 27.9 Å². The van der Waals surface area contributed by atoms with Gasteiger partial charge < -0.3 is 10.1 Å². The van der Waals surface area contributed by atoms with Crippen molar-refractivity contribution in [1.82, 2.24) is 5.32 Å². The molecule has 0 amide bonds. The first-order valence-electron chi connectivity index (χ1n) is 7.40. The molecule has 0 spiro atoms. The van der Waals surface area contributed by atoms with Gasteiger partial charge in [0.1, 0.15) is 11.9 Å². The van der Waals surface area contributed by atoms with Crippen LogP contribution in [0.1, 0.15) is 30.4 Å². The third-order valence-electron chi connectivity index (χ3n) is 4.48. The largest absolute Gasteiger partial charge is 0.488 e. The first-order valence-corrected chi connectivity index (χ1v) is 8.16. The number of nitrogens with one attached hydrogen (secondary N) is 1. The van der Waals surface area contributed by atoms with E-state index >= 15 is 0 Å². The van der Waals surface area contributed by atoms with E-state index in [9.17, 15) is 0 Å². The molecule has 0 aromatic heterocycles. The molecule has 4 heteroatoms. The fourth-order valence-electron chi connectivity index (χ4n) is 3.09. The van der Waals surface area contributed by atoms with Crippen LogP contribution in [0.3, 0.4) is 0 Å². The monoisotopic (exact) mass is 313 g/mol. The number of ether oxygens (including phenoxy) is 1. The lowest BCUT2D eigenvalue weighted by molar-refractivity contribution is 0.121. The summed E-state index contributed by atoms with van der Waals surface area (Å²) in [4.78, 5) is 0. The number of rotatable bonds is 4. The van der Waals surface area contributed by atoms with Gasteiger partial charge in [-0.05, 0) is 62.8 Å². The van der Waals surface area contributed by atoms with Crippen molar-refractivity contribution in [3.63, 3.8) is 0 Å². The van der Waals surface area contributed by atoms with Gasteiger partial charge in [-0.15, -0.1) is 0 Å².